The van der Waals surface area contributed by atoms with E-state index in [-0.39, 0.29) is 0 Å². The summed E-state index contributed by atoms with van der Waals surface area (Å²) in [4.78, 5) is 4.44. The van der Waals surface area contributed by atoms with Crippen molar-refractivity contribution >= 4 is 0 Å². The van der Waals surface area contributed by atoms with E-state index in [0.29, 0.717) is 5.92 Å². The highest BCUT2D eigenvalue weighted by Crippen LogP contribution is 2.18. The molecular formula is C14H18N2. The van der Waals surface area contributed by atoms with Gasteiger partial charge in [0.05, 0.1) is 12.0 Å². The van der Waals surface area contributed by atoms with Crippen molar-refractivity contribution < 1.29 is 0 Å². The number of hydrogen-bond acceptors (Lipinski definition) is 1. The lowest BCUT2D eigenvalue weighted by atomic mass is 10.1. The lowest BCUT2D eigenvalue weighted by molar-refractivity contribution is 0.523. The Bertz CT molecular complexity index is 469. The molecule has 16 heavy (non-hydrogen) atoms. The van der Waals surface area contributed by atoms with Crippen molar-refractivity contribution in [2.75, 3.05) is 0 Å². The van der Waals surface area contributed by atoms with Crippen LogP contribution in [0.4, 0.5) is 0 Å². The molecule has 2 rings (SSSR count). The van der Waals surface area contributed by atoms with Gasteiger partial charge in [-0.3, -0.25) is 0 Å². The minimum Gasteiger partial charge on any atom is -0.337 e. The maximum absolute atomic E-state index is 4.44. The van der Waals surface area contributed by atoms with Crippen LogP contribution >= 0.6 is 0 Å². The van der Waals surface area contributed by atoms with E-state index in [1.54, 1.807) is 0 Å². The Balaban J connectivity index is 2.24. The molecule has 0 amide bonds. The zero-order valence-corrected chi connectivity index (χ0v) is 10.1. The molecule has 0 aliphatic rings. The summed E-state index contributed by atoms with van der Waals surface area (Å²) in [7, 11) is 0. The monoisotopic (exact) mass is 214 g/mol. The first-order valence-corrected chi connectivity index (χ1v) is 5.74. The van der Waals surface area contributed by atoms with Crippen LogP contribution in [0.5, 0.6) is 0 Å². The van der Waals surface area contributed by atoms with Gasteiger partial charge in [-0.2, -0.15) is 0 Å². The zero-order valence-electron chi connectivity index (χ0n) is 10.1. The van der Waals surface area contributed by atoms with Gasteiger partial charge in [-0.05, 0) is 18.9 Å². The molecule has 2 heteroatoms. The molecule has 0 saturated carbocycles. The summed E-state index contributed by atoms with van der Waals surface area (Å²) in [5.74, 6) is 0.652. The number of aromatic nitrogens is 2. The summed E-state index contributed by atoms with van der Waals surface area (Å²) in [5.41, 5.74) is 3.53. The molecule has 1 aromatic carbocycles. The highest BCUT2D eigenvalue weighted by molar-refractivity contribution is 5.58. The average Bonchev–Trinajstić information content (AvgIpc) is 2.65. The Labute approximate surface area is 97.0 Å². The normalized spacial score (nSPS) is 11.0. The van der Waals surface area contributed by atoms with Gasteiger partial charge < -0.3 is 4.57 Å². The van der Waals surface area contributed by atoms with Gasteiger partial charge in [0.1, 0.15) is 0 Å². The Kier molecular flexibility index (Phi) is 3.09. The van der Waals surface area contributed by atoms with E-state index < -0.39 is 0 Å². The topological polar surface area (TPSA) is 17.8 Å². The molecule has 0 N–H and O–H groups in total. The Hall–Kier alpha value is -1.57. The van der Waals surface area contributed by atoms with E-state index in [2.05, 4.69) is 60.8 Å². The second-order valence-corrected chi connectivity index (χ2v) is 4.72. The Morgan fingerprint density at radius 1 is 1.31 bits per heavy atom. The molecule has 0 radical (unpaired) electrons. The molecule has 0 fully saturated rings. The molecule has 0 spiro atoms. The minimum absolute atomic E-state index is 0.652. The van der Waals surface area contributed by atoms with Gasteiger partial charge in [0.2, 0.25) is 0 Å². The summed E-state index contributed by atoms with van der Waals surface area (Å²) in [5, 5.41) is 0. The first-order chi connectivity index (χ1) is 7.65. The van der Waals surface area contributed by atoms with Crippen LogP contribution in [0, 0.1) is 12.8 Å². The van der Waals surface area contributed by atoms with Crippen molar-refractivity contribution in [1.82, 2.24) is 9.55 Å². The molecule has 0 unspecified atom stereocenters. The van der Waals surface area contributed by atoms with Gasteiger partial charge >= 0.3 is 0 Å². The summed E-state index contributed by atoms with van der Waals surface area (Å²) in [6.45, 7) is 7.56. The van der Waals surface area contributed by atoms with Crippen molar-refractivity contribution in [2.45, 2.75) is 27.3 Å². The second-order valence-electron chi connectivity index (χ2n) is 4.72. The molecule has 2 aromatic rings. The molecule has 1 aromatic heterocycles. The minimum atomic E-state index is 0.652. The van der Waals surface area contributed by atoms with Crippen molar-refractivity contribution in [2.24, 2.45) is 5.92 Å². The van der Waals surface area contributed by atoms with Gasteiger partial charge in [-0.1, -0.05) is 37.6 Å². The second kappa shape index (κ2) is 4.52. The van der Waals surface area contributed by atoms with Gasteiger partial charge in [-0.25, -0.2) is 4.98 Å². The largest absolute Gasteiger partial charge is 0.337 e. The molecule has 0 saturated heterocycles. The Morgan fingerprint density at radius 2 is 2.12 bits per heavy atom. The van der Waals surface area contributed by atoms with E-state index in [9.17, 15) is 0 Å². The van der Waals surface area contributed by atoms with Crippen LogP contribution in [-0.2, 0) is 6.54 Å². The van der Waals surface area contributed by atoms with Crippen LogP contribution in [0.25, 0.3) is 11.3 Å². The van der Waals surface area contributed by atoms with Crippen LogP contribution < -0.4 is 0 Å². The van der Waals surface area contributed by atoms with Gasteiger partial charge in [0, 0.05) is 18.3 Å². The fourth-order valence-electron chi connectivity index (χ4n) is 1.84. The molecular weight excluding hydrogens is 196 g/mol. The molecule has 0 aliphatic carbocycles. The summed E-state index contributed by atoms with van der Waals surface area (Å²) in [6.07, 6.45) is 4.03. The third kappa shape index (κ3) is 2.51. The quantitative estimate of drug-likeness (QED) is 0.764. The van der Waals surface area contributed by atoms with Gasteiger partial charge in [0.15, 0.2) is 0 Å². The summed E-state index contributed by atoms with van der Waals surface area (Å²) in [6, 6.07) is 8.46. The standard InChI is InChI=1S/C14H18N2/c1-11(2)8-16-9-14(15-10-16)13-6-4-5-12(3)7-13/h4-7,9-11H,8H2,1-3H3. The van der Waals surface area contributed by atoms with Crippen LogP contribution in [0.2, 0.25) is 0 Å². The fourth-order valence-corrected chi connectivity index (χ4v) is 1.84. The van der Waals surface area contributed by atoms with E-state index in [1.807, 2.05) is 6.33 Å². The van der Waals surface area contributed by atoms with Crippen molar-refractivity contribution in [3.63, 3.8) is 0 Å². The van der Waals surface area contributed by atoms with Crippen LogP contribution in [0.3, 0.4) is 0 Å². The summed E-state index contributed by atoms with van der Waals surface area (Å²) < 4.78 is 2.16. The predicted octanol–water partition coefficient (Wildman–Crippen LogP) is 3.51. The third-order valence-corrected chi connectivity index (χ3v) is 2.52. The zero-order chi connectivity index (χ0) is 11.5. The average molecular weight is 214 g/mol. The molecule has 2 nitrogen and oxygen atoms in total. The van der Waals surface area contributed by atoms with Crippen molar-refractivity contribution in [3.05, 3.63) is 42.4 Å². The van der Waals surface area contributed by atoms with E-state index in [4.69, 9.17) is 0 Å². The van der Waals surface area contributed by atoms with Crippen molar-refractivity contribution in [3.8, 4) is 11.3 Å². The highest BCUT2D eigenvalue weighted by atomic mass is 15.0. The summed E-state index contributed by atoms with van der Waals surface area (Å²) >= 11 is 0. The van der Waals surface area contributed by atoms with Gasteiger partial charge in [-0.15, -0.1) is 0 Å². The maximum Gasteiger partial charge on any atom is 0.0953 e. The van der Waals surface area contributed by atoms with Crippen molar-refractivity contribution in [1.29, 1.82) is 0 Å². The lowest BCUT2D eigenvalue weighted by Gasteiger charge is -2.04. The highest BCUT2D eigenvalue weighted by Gasteiger charge is 2.03. The SMILES string of the molecule is Cc1cccc(-c2cn(CC(C)C)cn2)c1. The number of aryl methyl sites for hydroxylation is 1. The molecule has 0 atom stereocenters. The first-order valence-electron chi connectivity index (χ1n) is 5.74. The first kappa shape index (κ1) is 10.9. The maximum atomic E-state index is 4.44. The number of rotatable bonds is 3. The lowest BCUT2D eigenvalue weighted by Crippen LogP contribution is -2.00. The number of nitrogens with zero attached hydrogens (tertiary/aromatic N) is 2. The predicted molar refractivity (Wildman–Crippen MR) is 67.2 cm³/mol. The smallest absolute Gasteiger partial charge is 0.0953 e. The number of hydrogen-bond donors (Lipinski definition) is 0. The van der Waals surface area contributed by atoms with Gasteiger partial charge in [0.25, 0.3) is 0 Å². The molecule has 0 bridgehead atoms. The van der Waals surface area contributed by atoms with E-state index in [1.165, 1.54) is 11.1 Å². The number of imidazole rings is 1. The molecule has 84 valence electrons. The molecule has 1 heterocycles. The van der Waals surface area contributed by atoms with E-state index >= 15 is 0 Å². The number of benzene rings is 1. The van der Waals surface area contributed by atoms with Crippen LogP contribution in [-0.4, -0.2) is 9.55 Å². The van der Waals surface area contributed by atoms with Crippen LogP contribution in [0.1, 0.15) is 19.4 Å². The molecule has 0 aliphatic heterocycles. The Morgan fingerprint density at radius 3 is 2.81 bits per heavy atom. The third-order valence-electron chi connectivity index (χ3n) is 2.52. The fraction of sp³-hybridized carbons (Fsp3) is 0.357. The van der Waals surface area contributed by atoms with Crippen LogP contribution in [0.15, 0.2) is 36.8 Å². The van der Waals surface area contributed by atoms with E-state index in [0.717, 1.165) is 12.2 Å².